The highest BCUT2D eigenvalue weighted by atomic mass is 15.0. The Kier molecular flexibility index (Phi) is 3.79. The van der Waals surface area contributed by atoms with Crippen molar-refractivity contribution in [1.29, 1.82) is 0 Å². The second kappa shape index (κ2) is 6.86. The van der Waals surface area contributed by atoms with Crippen LogP contribution in [0.4, 0.5) is 0 Å². The van der Waals surface area contributed by atoms with Gasteiger partial charge in [0.2, 0.25) is 0 Å². The minimum Gasteiger partial charge on any atom is -0.309 e. The van der Waals surface area contributed by atoms with Gasteiger partial charge in [0.15, 0.2) is 0 Å². The summed E-state index contributed by atoms with van der Waals surface area (Å²) in [7, 11) is 0. The Morgan fingerprint density at radius 2 is 1.25 bits per heavy atom. The molecule has 0 fully saturated rings. The first kappa shape index (κ1) is 19.9. The Hall–Kier alpha value is -4.36. The smallest absolute Gasteiger partial charge is 0.0553 e. The van der Waals surface area contributed by atoms with Crippen molar-refractivity contribution in [3.05, 3.63) is 126 Å². The van der Waals surface area contributed by atoms with Crippen molar-refractivity contribution in [1.82, 2.24) is 4.57 Å². The molecule has 7 aromatic rings. The lowest BCUT2D eigenvalue weighted by Crippen LogP contribution is -2.23. The molecule has 0 atom stereocenters. The molecule has 1 heterocycles. The fourth-order valence-electron chi connectivity index (χ4n) is 6.68. The first-order valence-corrected chi connectivity index (χ1v) is 12.7. The average Bonchev–Trinajstić information content (AvgIpc) is 3.24. The summed E-state index contributed by atoms with van der Waals surface area (Å²) in [4.78, 5) is 0. The maximum Gasteiger partial charge on any atom is 0.0553 e. The molecule has 1 aliphatic rings. The molecule has 0 unspecified atom stereocenters. The van der Waals surface area contributed by atoms with E-state index >= 15 is 0 Å². The normalized spacial score (nSPS) is 14.1. The van der Waals surface area contributed by atoms with Gasteiger partial charge in [-0.2, -0.15) is 0 Å². The Labute approximate surface area is 210 Å². The number of benzene rings is 6. The quantitative estimate of drug-likeness (QED) is 0.230. The van der Waals surface area contributed by atoms with E-state index in [1.54, 1.807) is 0 Å². The molecule has 1 aliphatic carbocycles. The van der Waals surface area contributed by atoms with Crippen LogP contribution >= 0.6 is 0 Å². The molecule has 0 spiro atoms. The van der Waals surface area contributed by atoms with Crippen molar-refractivity contribution < 1.29 is 0 Å². The summed E-state index contributed by atoms with van der Waals surface area (Å²) >= 11 is 0. The molecule has 6 aromatic carbocycles. The Bertz CT molecular complexity index is 2020. The largest absolute Gasteiger partial charge is 0.309 e. The van der Waals surface area contributed by atoms with Gasteiger partial charge in [0.05, 0.1) is 11.0 Å². The van der Waals surface area contributed by atoms with Crippen LogP contribution in [0.2, 0.25) is 0 Å². The number of hydrogen-bond donors (Lipinski definition) is 0. The highest BCUT2D eigenvalue weighted by Crippen LogP contribution is 2.52. The van der Waals surface area contributed by atoms with Crippen LogP contribution in [0.5, 0.6) is 0 Å². The van der Waals surface area contributed by atoms with Crippen molar-refractivity contribution in [3.8, 4) is 16.8 Å². The van der Waals surface area contributed by atoms with Gasteiger partial charge < -0.3 is 4.57 Å². The van der Waals surface area contributed by atoms with Crippen LogP contribution in [-0.4, -0.2) is 4.57 Å². The first-order valence-electron chi connectivity index (χ1n) is 12.7. The van der Waals surface area contributed by atoms with E-state index in [0.29, 0.717) is 0 Å². The number of hydrogen-bond acceptors (Lipinski definition) is 0. The molecular weight excluding hydrogens is 434 g/mol. The van der Waals surface area contributed by atoms with E-state index < -0.39 is 0 Å². The van der Waals surface area contributed by atoms with Gasteiger partial charge in [-0.25, -0.2) is 0 Å². The highest BCUT2D eigenvalue weighted by molar-refractivity contribution is 6.24. The van der Waals surface area contributed by atoms with E-state index in [1.165, 1.54) is 71.3 Å². The van der Waals surface area contributed by atoms with Crippen LogP contribution < -0.4 is 0 Å². The summed E-state index contributed by atoms with van der Waals surface area (Å²) in [5.74, 6) is 0. The predicted octanol–water partition coefficient (Wildman–Crippen LogP) is 9.40. The third-order valence-electron chi connectivity index (χ3n) is 8.33. The predicted molar refractivity (Wildman–Crippen MR) is 153 cm³/mol. The van der Waals surface area contributed by atoms with Gasteiger partial charge in [-0.15, -0.1) is 0 Å². The van der Waals surface area contributed by atoms with E-state index in [-0.39, 0.29) is 5.41 Å². The molecule has 0 bridgehead atoms. The zero-order valence-corrected chi connectivity index (χ0v) is 20.4. The minimum atomic E-state index is -0.0481. The van der Waals surface area contributed by atoms with Crippen LogP contribution in [0.25, 0.3) is 60.2 Å². The number of nitrogens with zero attached hydrogens (tertiary/aromatic N) is 1. The van der Waals surface area contributed by atoms with Gasteiger partial charge in [-0.05, 0) is 62.5 Å². The van der Waals surface area contributed by atoms with Crippen molar-refractivity contribution in [3.63, 3.8) is 0 Å². The summed E-state index contributed by atoms with van der Waals surface area (Å²) in [6.45, 7) is 4.73. The van der Waals surface area contributed by atoms with Crippen molar-refractivity contribution in [2.45, 2.75) is 19.3 Å². The van der Waals surface area contributed by atoms with E-state index in [1.807, 2.05) is 0 Å². The molecule has 36 heavy (non-hydrogen) atoms. The van der Waals surface area contributed by atoms with Crippen LogP contribution in [0.3, 0.4) is 0 Å². The molecule has 170 valence electrons. The number of para-hydroxylation sites is 1. The lowest BCUT2D eigenvalue weighted by atomic mass is 9.68. The molecule has 0 saturated carbocycles. The van der Waals surface area contributed by atoms with Gasteiger partial charge in [-0.3, -0.25) is 0 Å². The fourth-order valence-corrected chi connectivity index (χ4v) is 6.68. The van der Waals surface area contributed by atoms with E-state index in [2.05, 4.69) is 134 Å². The maximum absolute atomic E-state index is 2.46. The molecular formula is C35H25N. The lowest BCUT2D eigenvalue weighted by Gasteiger charge is -2.35. The fraction of sp³-hybridized carbons (Fsp3) is 0.0857. The van der Waals surface area contributed by atoms with Crippen molar-refractivity contribution >= 4 is 43.4 Å². The topological polar surface area (TPSA) is 4.93 Å². The first-order chi connectivity index (χ1) is 17.6. The number of aromatic nitrogens is 1. The van der Waals surface area contributed by atoms with Gasteiger partial charge >= 0.3 is 0 Å². The number of fused-ring (bicyclic) bond motifs is 7. The zero-order chi connectivity index (χ0) is 24.0. The zero-order valence-electron chi connectivity index (χ0n) is 20.4. The SMILES string of the molecule is CC1(C)c2ccccc2-c2c3c1cccc3cc1c2c2ccccc2n1-c1ccc2ccccc2c1. The Balaban J connectivity index is 1.62. The summed E-state index contributed by atoms with van der Waals surface area (Å²) in [6.07, 6.45) is 0. The molecule has 0 amide bonds. The van der Waals surface area contributed by atoms with Crippen LogP contribution in [0.15, 0.2) is 115 Å². The summed E-state index contributed by atoms with van der Waals surface area (Å²) in [5.41, 5.74) is 9.22. The van der Waals surface area contributed by atoms with Crippen molar-refractivity contribution in [2.24, 2.45) is 0 Å². The molecule has 1 nitrogen and oxygen atoms in total. The molecule has 0 radical (unpaired) electrons. The van der Waals surface area contributed by atoms with Crippen LogP contribution in [0.1, 0.15) is 25.0 Å². The molecule has 0 aliphatic heterocycles. The van der Waals surface area contributed by atoms with Gasteiger partial charge in [-0.1, -0.05) is 105 Å². The summed E-state index contributed by atoms with van der Waals surface area (Å²) in [5, 5.41) is 7.89. The molecule has 0 saturated heterocycles. The molecule has 1 aromatic heterocycles. The van der Waals surface area contributed by atoms with Crippen LogP contribution in [-0.2, 0) is 5.41 Å². The third-order valence-corrected chi connectivity index (χ3v) is 8.33. The van der Waals surface area contributed by atoms with E-state index in [4.69, 9.17) is 0 Å². The second-order valence-electron chi connectivity index (χ2n) is 10.6. The highest BCUT2D eigenvalue weighted by Gasteiger charge is 2.35. The second-order valence-corrected chi connectivity index (χ2v) is 10.6. The van der Waals surface area contributed by atoms with Crippen molar-refractivity contribution in [2.75, 3.05) is 0 Å². The Morgan fingerprint density at radius 1 is 0.528 bits per heavy atom. The number of rotatable bonds is 1. The van der Waals surface area contributed by atoms with Gasteiger partial charge in [0.25, 0.3) is 0 Å². The molecule has 0 N–H and O–H groups in total. The van der Waals surface area contributed by atoms with Crippen LogP contribution in [0, 0.1) is 0 Å². The molecule has 8 rings (SSSR count). The Morgan fingerprint density at radius 3 is 2.17 bits per heavy atom. The minimum absolute atomic E-state index is 0.0481. The average molecular weight is 460 g/mol. The van der Waals surface area contributed by atoms with Gasteiger partial charge in [0.1, 0.15) is 0 Å². The monoisotopic (exact) mass is 459 g/mol. The lowest BCUT2D eigenvalue weighted by molar-refractivity contribution is 0.645. The summed E-state index contributed by atoms with van der Waals surface area (Å²) < 4.78 is 2.46. The van der Waals surface area contributed by atoms with Gasteiger partial charge in [0, 0.05) is 27.4 Å². The molecule has 1 heteroatoms. The summed E-state index contributed by atoms with van der Waals surface area (Å²) in [6, 6.07) is 42.6. The van der Waals surface area contributed by atoms with E-state index in [0.717, 1.165) is 0 Å². The third kappa shape index (κ3) is 2.45. The maximum atomic E-state index is 2.46. The standard InChI is InChI=1S/C35H25N/c1-35(2)28-15-7-5-13-26(28)34-32-24(12-9-16-29(32)35)21-31-33(34)27-14-6-8-17-30(27)36(31)25-19-18-22-10-3-4-11-23(22)20-25/h3-21H,1-2H3. The van der Waals surface area contributed by atoms with E-state index in [9.17, 15) is 0 Å².